The maximum atomic E-state index is 12.4. The van der Waals surface area contributed by atoms with Crippen LogP contribution in [0, 0.1) is 0 Å². The molecular formula is C17H23N5O. The number of benzene rings is 1. The molecule has 3 heterocycles. The van der Waals surface area contributed by atoms with Gasteiger partial charge in [0.2, 0.25) is 5.91 Å². The van der Waals surface area contributed by atoms with Crippen LogP contribution in [-0.2, 0) is 11.3 Å². The Bertz CT molecular complexity index is 673. The van der Waals surface area contributed by atoms with Crippen LogP contribution >= 0.6 is 0 Å². The molecule has 1 aromatic carbocycles. The van der Waals surface area contributed by atoms with E-state index in [9.17, 15) is 4.79 Å². The molecule has 1 amide bonds. The fourth-order valence-corrected chi connectivity index (χ4v) is 3.73. The van der Waals surface area contributed by atoms with E-state index < -0.39 is 0 Å². The summed E-state index contributed by atoms with van der Waals surface area (Å²) in [7, 11) is 0. The van der Waals surface area contributed by atoms with Crippen LogP contribution in [0.3, 0.4) is 0 Å². The summed E-state index contributed by atoms with van der Waals surface area (Å²) in [5, 5.41) is 8.72. The quantitative estimate of drug-likeness (QED) is 0.862. The molecule has 0 aliphatic carbocycles. The maximum absolute atomic E-state index is 12.4. The highest BCUT2D eigenvalue weighted by Gasteiger charge is 2.37. The SMILES string of the molecule is C[C@H]1CCCCN1C1CN(C(=O)Cn2nc3ccccc3n2)C1. The minimum Gasteiger partial charge on any atom is -0.338 e. The van der Waals surface area contributed by atoms with Crippen molar-refractivity contribution in [1.82, 2.24) is 24.8 Å². The molecule has 23 heavy (non-hydrogen) atoms. The lowest BCUT2D eigenvalue weighted by Crippen LogP contribution is -2.64. The summed E-state index contributed by atoms with van der Waals surface area (Å²) < 4.78 is 0. The van der Waals surface area contributed by atoms with E-state index in [2.05, 4.69) is 22.0 Å². The van der Waals surface area contributed by atoms with E-state index >= 15 is 0 Å². The molecular weight excluding hydrogens is 290 g/mol. The van der Waals surface area contributed by atoms with Crippen LogP contribution in [0.1, 0.15) is 26.2 Å². The topological polar surface area (TPSA) is 54.3 Å². The minimum atomic E-state index is 0.117. The number of amides is 1. The Morgan fingerprint density at radius 3 is 2.52 bits per heavy atom. The van der Waals surface area contributed by atoms with Crippen LogP contribution in [0.2, 0.25) is 0 Å². The first-order valence-electron chi connectivity index (χ1n) is 8.54. The second kappa shape index (κ2) is 5.92. The van der Waals surface area contributed by atoms with E-state index in [1.165, 1.54) is 30.6 Å². The predicted octanol–water partition coefficient (Wildman–Crippen LogP) is 1.52. The highest BCUT2D eigenvalue weighted by Crippen LogP contribution is 2.24. The number of likely N-dealkylation sites (tertiary alicyclic amines) is 2. The molecule has 122 valence electrons. The Balaban J connectivity index is 1.34. The van der Waals surface area contributed by atoms with Crippen molar-refractivity contribution in [2.45, 2.75) is 44.8 Å². The molecule has 2 aromatic rings. The van der Waals surface area contributed by atoms with Crippen molar-refractivity contribution in [3.8, 4) is 0 Å². The van der Waals surface area contributed by atoms with E-state index in [0.717, 1.165) is 24.1 Å². The van der Waals surface area contributed by atoms with Crippen LogP contribution in [0.5, 0.6) is 0 Å². The number of carbonyl (C=O) groups is 1. The fraction of sp³-hybridized carbons (Fsp3) is 0.588. The molecule has 2 aliphatic rings. The van der Waals surface area contributed by atoms with Crippen LogP contribution in [0.15, 0.2) is 24.3 Å². The zero-order valence-corrected chi connectivity index (χ0v) is 13.6. The van der Waals surface area contributed by atoms with Gasteiger partial charge in [0, 0.05) is 25.2 Å². The van der Waals surface area contributed by atoms with Gasteiger partial charge in [-0.05, 0) is 38.4 Å². The normalized spacial score (nSPS) is 23.2. The summed E-state index contributed by atoms with van der Waals surface area (Å²) in [6.45, 7) is 5.42. The highest BCUT2D eigenvalue weighted by molar-refractivity contribution is 5.78. The summed E-state index contributed by atoms with van der Waals surface area (Å²) in [6.07, 6.45) is 3.92. The number of aromatic nitrogens is 3. The molecule has 1 atom stereocenters. The zero-order valence-electron chi connectivity index (χ0n) is 13.6. The molecule has 0 saturated carbocycles. The van der Waals surface area contributed by atoms with Gasteiger partial charge in [0.1, 0.15) is 17.6 Å². The molecule has 0 bridgehead atoms. The average molecular weight is 313 g/mol. The number of fused-ring (bicyclic) bond motifs is 1. The van der Waals surface area contributed by atoms with Crippen molar-refractivity contribution < 1.29 is 4.79 Å². The minimum absolute atomic E-state index is 0.117. The Morgan fingerprint density at radius 1 is 1.17 bits per heavy atom. The Labute approximate surface area is 136 Å². The van der Waals surface area contributed by atoms with E-state index in [1.54, 1.807) is 0 Å². The van der Waals surface area contributed by atoms with Crippen LogP contribution < -0.4 is 0 Å². The standard InChI is InChI=1S/C17H23N5O/c1-13-6-4-5-9-21(13)14-10-20(11-14)17(23)12-22-18-15-7-2-3-8-16(15)19-22/h2-3,7-8,13-14H,4-6,9-12H2,1H3/t13-/m0/s1. The van der Waals surface area contributed by atoms with Crippen molar-refractivity contribution >= 4 is 16.9 Å². The van der Waals surface area contributed by atoms with Gasteiger partial charge >= 0.3 is 0 Å². The number of piperidine rings is 1. The number of carbonyl (C=O) groups excluding carboxylic acids is 1. The van der Waals surface area contributed by atoms with Gasteiger partial charge in [0.25, 0.3) is 0 Å². The lowest BCUT2D eigenvalue weighted by molar-refractivity contribution is -0.140. The van der Waals surface area contributed by atoms with Crippen molar-refractivity contribution in [2.24, 2.45) is 0 Å². The van der Waals surface area contributed by atoms with E-state index in [0.29, 0.717) is 12.1 Å². The molecule has 6 heteroatoms. The highest BCUT2D eigenvalue weighted by atomic mass is 16.2. The largest absolute Gasteiger partial charge is 0.338 e. The molecule has 0 N–H and O–H groups in total. The van der Waals surface area contributed by atoms with Crippen molar-refractivity contribution in [3.05, 3.63) is 24.3 Å². The Hall–Kier alpha value is -1.95. The molecule has 0 radical (unpaired) electrons. The molecule has 0 spiro atoms. The first kappa shape index (κ1) is 14.6. The summed E-state index contributed by atoms with van der Waals surface area (Å²) in [5.41, 5.74) is 1.67. The molecule has 0 unspecified atom stereocenters. The number of hydrogen-bond donors (Lipinski definition) is 0. The molecule has 6 nitrogen and oxygen atoms in total. The lowest BCUT2D eigenvalue weighted by atomic mass is 9.97. The lowest BCUT2D eigenvalue weighted by Gasteiger charge is -2.49. The third kappa shape index (κ3) is 2.83. The molecule has 2 fully saturated rings. The third-order valence-corrected chi connectivity index (χ3v) is 5.14. The smallest absolute Gasteiger partial charge is 0.246 e. The molecule has 2 saturated heterocycles. The number of rotatable bonds is 3. The van der Waals surface area contributed by atoms with Crippen LogP contribution in [0.4, 0.5) is 0 Å². The summed E-state index contributed by atoms with van der Waals surface area (Å²) >= 11 is 0. The van der Waals surface area contributed by atoms with E-state index in [1.807, 2.05) is 29.2 Å². The summed E-state index contributed by atoms with van der Waals surface area (Å²) in [6, 6.07) is 8.90. The van der Waals surface area contributed by atoms with Crippen molar-refractivity contribution in [1.29, 1.82) is 0 Å². The van der Waals surface area contributed by atoms with Gasteiger partial charge in [-0.25, -0.2) is 0 Å². The zero-order chi connectivity index (χ0) is 15.8. The second-order valence-corrected chi connectivity index (χ2v) is 6.75. The molecule has 1 aromatic heterocycles. The Kier molecular flexibility index (Phi) is 3.77. The number of hydrogen-bond acceptors (Lipinski definition) is 4. The van der Waals surface area contributed by atoms with Gasteiger partial charge in [-0.2, -0.15) is 15.0 Å². The second-order valence-electron chi connectivity index (χ2n) is 6.75. The van der Waals surface area contributed by atoms with Gasteiger partial charge in [-0.1, -0.05) is 18.6 Å². The average Bonchev–Trinajstić information content (AvgIpc) is 2.89. The predicted molar refractivity (Wildman–Crippen MR) is 87.9 cm³/mol. The van der Waals surface area contributed by atoms with Crippen LogP contribution in [0.25, 0.3) is 11.0 Å². The number of nitrogens with zero attached hydrogens (tertiary/aromatic N) is 5. The van der Waals surface area contributed by atoms with Gasteiger partial charge in [-0.3, -0.25) is 9.69 Å². The first-order chi connectivity index (χ1) is 11.2. The summed E-state index contributed by atoms with van der Waals surface area (Å²) in [5.74, 6) is 0.117. The molecule has 2 aliphatic heterocycles. The van der Waals surface area contributed by atoms with Gasteiger partial charge in [-0.15, -0.1) is 0 Å². The third-order valence-electron chi connectivity index (χ3n) is 5.14. The van der Waals surface area contributed by atoms with Crippen LogP contribution in [-0.4, -0.2) is 62.4 Å². The summed E-state index contributed by atoms with van der Waals surface area (Å²) in [4.78, 5) is 18.4. The first-order valence-corrected chi connectivity index (χ1v) is 8.54. The van der Waals surface area contributed by atoms with E-state index in [4.69, 9.17) is 0 Å². The monoisotopic (exact) mass is 313 g/mol. The van der Waals surface area contributed by atoms with Gasteiger partial charge in [0.05, 0.1) is 0 Å². The molecule has 4 rings (SSSR count). The van der Waals surface area contributed by atoms with Crippen molar-refractivity contribution in [2.75, 3.05) is 19.6 Å². The fourth-order valence-electron chi connectivity index (χ4n) is 3.73. The van der Waals surface area contributed by atoms with Gasteiger partial charge < -0.3 is 4.90 Å². The van der Waals surface area contributed by atoms with Gasteiger partial charge in [0.15, 0.2) is 0 Å². The Morgan fingerprint density at radius 2 is 1.87 bits per heavy atom. The van der Waals surface area contributed by atoms with E-state index in [-0.39, 0.29) is 12.5 Å². The maximum Gasteiger partial charge on any atom is 0.246 e. The van der Waals surface area contributed by atoms with Crippen molar-refractivity contribution in [3.63, 3.8) is 0 Å².